The molecular weight excluding hydrogens is 558 g/mol. The molecule has 4 N–H and O–H groups in total. The van der Waals surface area contributed by atoms with Crippen LogP contribution in [-0.4, -0.2) is 139 Å². The molecule has 1 aromatic heterocycles. The van der Waals surface area contributed by atoms with Gasteiger partial charge in [-0.05, 0) is 18.6 Å². The maximum atomic E-state index is 12.0. The summed E-state index contributed by atoms with van der Waals surface area (Å²) in [6.45, 7) is -0.260. The molecule has 16 nitrogen and oxygen atoms in total. The summed E-state index contributed by atoms with van der Waals surface area (Å²) in [5, 5.41) is 38.0. The van der Waals surface area contributed by atoms with E-state index in [1.54, 1.807) is 17.0 Å². The van der Waals surface area contributed by atoms with Crippen LogP contribution in [0.3, 0.4) is 0 Å². The molecule has 2 aliphatic heterocycles. The number of carbonyl (C=O) groups is 6. The Balaban J connectivity index is 1.85. The lowest BCUT2D eigenvalue weighted by molar-refractivity contribution is -0.150. The Labute approximate surface area is 241 Å². The highest BCUT2D eigenvalue weighted by Crippen LogP contribution is 2.22. The van der Waals surface area contributed by atoms with E-state index in [4.69, 9.17) is 4.74 Å². The molecule has 1 unspecified atom stereocenters. The summed E-state index contributed by atoms with van der Waals surface area (Å²) in [6, 6.07) is 1.87. The van der Waals surface area contributed by atoms with Crippen molar-refractivity contribution in [1.82, 2.24) is 24.6 Å². The van der Waals surface area contributed by atoms with Gasteiger partial charge in [0, 0.05) is 58.7 Å². The minimum absolute atomic E-state index is 0.00773. The molecule has 16 heteroatoms. The van der Waals surface area contributed by atoms with Crippen molar-refractivity contribution in [2.24, 2.45) is 0 Å². The van der Waals surface area contributed by atoms with Gasteiger partial charge in [0.25, 0.3) is 0 Å². The van der Waals surface area contributed by atoms with Gasteiger partial charge < -0.3 is 25.2 Å². The lowest BCUT2D eigenvalue weighted by atomic mass is 10.1. The van der Waals surface area contributed by atoms with Crippen LogP contribution in [0.2, 0.25) is 0 Å². The van der Waals surface area contributed by atoms with E-state index in [0.29, 0.717) is 23.6 Å². The first kappa shape index (κ1) is 32.4. The minimum atomic E-state index is -1.41. The predicted octanol–water partition coefficient (Wildman–Crippen LogP) is -0.984. The molecule has 1 fully saturated rings. The van der Waals surface area contributed by atoms with Crippen molar-refractivity contribution in [1.29, 1.82) is 0 Å². The third-order valence-corrected chi connectivity index (χ3v) is 6.91. The molecule has 1 atom stereocenters. The van der Waals surface area contributed by atoms with E-state index in [0.717, 1.165) is 0 Å². The van der Waals surface area contributed by atoms with Crippen molar-refractivity contribution in [3.63, 3.8) is 0 Å². The normalized spacial score (nSPS) is 18.2. The molecule has 0 saturated carbocycles. The molecule has 1 aromatic rings. The fourth-order valence-electron chi connectivity index (χ4n) is 4.90. The Hall–Kier alpha value is -4.15. The maximum Gasteiger partial charge on any atom is 0.321 e. The topological polar surface area (TPSA) is 218 Å². The number of hydrogen-bond acceptors (Lipinski definition) is 11. The van der Waals surface area contributed by atoms with E-state index in [-0.39, 0.29) is 83.6 Å². The predicted molar refractivity (Wildman–Crippen MR) is 141 cm³/mol. The highest BCUT2D eigenvalue weighted by Gasteiger charge is 2.30. The summed E-state index contributed by atoms with van der Waals surface area (Å²) >= 11 is 0. The van der Waals surface area contributed by atoms with E-state index in [9.17, 15) is 49.2 Å². The van der Waals surface area contributed by atoms with E-state index < -0.39 is 42.9 Å². The van der Waals surface area contributed by atoms with Gasteiger partial charge in [0.15, 0.2) is 0 Å². The van der Waals surface area contributed by atoms with E-state index >= 15 is 0 Å². The zero-order chi connectivity index (χ0) is 30.8. The highest BCUT2D eigenvalue weighted by atomic mass is 16.5. The van der Waals surface area contributed by atoms with Gasteiger partial charge in [-0.3, -0.25) is 53.4 Å². The number of imide groups is 1. The molecule has 230 valence electrons. The molecule has 0 aliphatic carbocycles. The number of pyridine rings is 1. The second kappa shape index (κ2) is 15.2. The first-order valence-electron chi connectivity index (χ1n) is 13.4. The monoisotopic (exact) mass is 593 g/mol. The molecule has 42 heavy (non-hydrogen) atoms. The van der Waals surface area contributed by atoms with Gasteiger partial charge in [0.2, 0.25) is 11.8 Å². The van der Waals surface area contributed by atoms with Crippen molar-refractivity contribution < 1.29 is 53.9 Å². The largest absolute Gasteiger partial charge is 0.492 e. The summed E-state index contributed by atoms with van der Waals surface area (Å²) in [4.78, 5) is 80.5. The molecule has 0 spiro atoms. The van der Waals surface area contributed by atoms with Crippen LogP contribution >= 0.6 is 0 Å². The van der Waals surface area contributed by atoms with E-state index in [1.807, 2.05) is 0 Å². The van der Waals surface area contributed by atoms with Gasteiger partial charge >= 0.3 is 23.9 Å². The van der Waals surface area contributed by atoms with E-state index in [2.05, 4.69) is 4.98 Å². The summed E-state index contributed by atoms with van der Waals surface area (Å²) < 4.78 is 5.90. The number of likely N-dealkylation sites (tertiary alicyclic amines) is 1. The van der Waals surface area contributed by atoms with Crippen LogP contribution in [0.15, 0.2) is 12.1 Å². The van der Waals surface area contributed by atoms with Crippen molar-refractivity contribution in [2.75, 3.05) is 52.4 Å². The first-order valence-corrected chi connectivity index (χ1v) is 13.4. The van der Waals surface area contributed by atoms with Gasteiger partial charge in [-0.15, -0.1) is 0 Å². The molecule has 3 heterocycles. The lowest BCUT2D eigenvalue weighted by Crippen LogP contribution is -2.49. The van der Waals surface area contributed by atoms with E-state index in [1.165, 1.54) is 14.7 Å². The smallest absolute Gasteiger partial charge is 0.321 e. The summed E-state index contributed by atoms with van der Waals surface area (Å²) in [5.74, 6) is -5.06. The van der Waals surface area contributed by atoms with Crippen LogP contribution in [0.25, 0.3) is 0 Å². The molecule has 0 radical (unpaired) electrons. The van der Waals surface area contributed by atoms with Crippen LogP contribution in [-0.2, 0) is 41.9 Å². The molecular formula is C26H35N5O11. The molecule has 2 bridgehead atoms. The molecule has 2 aliphatic rings. The number of nitrogens with zero attached hydrogens (tertiary/aromatic N) is 5. The molecule has 1 saturated heterocycles. The molecule has 0 aromatic carbocycles. The average molecular weight is 594 g/mol. The summed E-state index contributed by atoms with van der Waals surface area (Å²) in [5.41, 5.74) is 0.833. The summed E-state index contributed by atoms with van der Waals surface area (Å²) in [6.07, 6.45) is 0.0440. The van der Waals surface area contributed by atoms with Crippen LogP contribution in [0.5, 0.6) is 5.75 Å². The van der Waals surface area contributed by atoms with Gasteiger partial charge in [-0.25, -0.2) is 0 Å². The number of hydrogen-bond donors (Lipinski definition) is 4. The zero-order valence-electron chi connectivity index (χ0n) is 23.0. The Morgan fingerprint density at radius 1 is 0.833 bits per heavy atom. The van der Waals surface area contributed by atoms with Crippen LogP contribution in [0.1, 0.15) is 37.1 Å². The van der Waals surface area contributed by atoms with Crippen molar-refractivity contribution >= 4 is 35.7 Å². The Bertz CT molecular complexity index is 1180. The second-order valence-corrected chi connectivity index (χ2v) is 10.1. The number of aromatic nitrogens is 1. The third-order valence-electron chi connectivity index (χ3n) is 6.91. The van der Waals surface area contributed by atoms with Crippen LogP contribution in [0.4, 0.5) is 0 Å². The van der Waals surface area contributed by atoms with Crippen molar-refractivity contribution in [3.05, 3.63) is 23.5 Å². The molecule has 2 amide bonds. The Kier molecular flexibility index (Phi) is 11.7. The fourth-order valence-corrected chi connectivity index (χ4v) is 4.90. The van der Waals surface area contributed by atoms with Gasteiger partial charge in [-0.2, -0.15) is 0 Å². The number of carboxylic acids is 4. The number of ether oxygens (including phenoxy) is 1. The quantitative estimate of drug-likeness (QED) is 0.159. The van der Waals surface area contributed by atoms with Crippen LogP contribution in [0, 0.1) is 0 Å². The second-order valence-electron chi connectivity index (χ2n) is 10.1. The number of rotatable bonds is 13. The SMILES string of the molecule is O=C(O)CC(C(=O)O)N1CCN(CC(=O)O)Cc2ccc(OCCCN3C(=O)CCC3=O)c(n2)CN(CC(=O)O)CC1. The van der Waals surface area contributed by atoms with Gasteiger partial charge in [0.05, 0.1) is 37.5 Å². The fraction of sp³-hybridized carbons (Fsp3) is 0.577. The maximum absolute atomic E-state index is 12.0. The van der Waals surface area contributed by atoms with Gasteiger partial charge in [0.1, 0.15) is 11.8 Å². The lowest BCUT2D eigenvalue weighted by Gasteiger charge is -2.33. The highest BCUT2D eigenvalue weighted by molar-refractivity contribution is 6.01. The number of aliphatic carboxylic acids is 4. The number of carboxylic acid groups (broad SMARTS) is 4. The Morgan fingerprint density at radius 3 is 1.98 bits per heavy atom. The number of fused-ring (bicyclic) bond motifs is 2. The number of carbonyl (C=O) groups excluding carboxylic acids is 2. The standard InChI is InChI=1S/C26H35N5O11/c32-21-4-5-22(33)31(21)6-1-11-42-20-3-2-17-13-28(15-24(36)37)7-9-30(19(26(40)41)12-23(34)35)10-8-29(16-25(38)39)14-18(20)27-17/h2-3,19H,1,4-16H2,(H,34,35)(H,36,37)(H,38,39)(H,40,41). The van der Waals surface area contributed by atoms with Crippen LogP contribution < -0.4 is 4.74 Å². The number of amides is 2. The third kappa shape index (κ3) is 9.74. The van der Waals surface area contributed by atoms with Gasteiger partial charge in [-0.1, -0.05) is 0 Å². The minimum Gasteiger partial charge on any atom is -0.492 e. The average Bonchev–Trinajstić information content (AvgIpc) is 3.21. The summed E-state index contributed by atoms with van der Waals surface area (Å²) in [7, 11) is 0. The Morgan fingerprint density at radius 2 is 1.43 bits per heavy atom. The zero-order valence-corrected chi connectivity index (χ0v) is 23.0. The first-order chi connectivity index (χ1) is 19.9. The van der Waals surface area contributed by atoms with Crippen molar-refractivity contribution in [3.8, 4) is 5.75 Å². The molecule has 3 rings (SSSR count). The van der Waals surface area contributed by atoms with Crippen molar-refractivity contribution in [2.45, 2.75) is 44.8 Å².